The van der Waals surface area contributed by atoms with Crippen LogP contribution in [0.25, 0.3) is 0 Å². The van der Waals surface area contributed by atoms with Crippen LogP contribution in [0, 0.1) is 0 Å². The number of anilines is 1. The first-order chi connectivity index (χ1) is 16.1. The predicted octanol–water partition coefficient (Wildman–Crippen LogP) is 3.51. The Morgan fingerprint density at radius 1 is 0.941 bits per heavy atom. The number of pyridine rings is 1. The number of hydrogen-bond acceptors (Lipinski definition) is 4. The fourth-order valence-electron chi connectivity index (χ4n) is 4.02. The molecule has 8 heteroatoms. The molecule has 1 aliphatic rings. The number of nitrogens with zero attached hydrogens (tertiary/aromatic N) is 4. The van der Waals surface area contributed by atoms with Gasteiger partial charge in [-0.05, 0) is 36.2 Å². The normalized spacial score (nSPS) is 14.0. The number of benzene rings is 2. The topological polar surface area (TPSA) is 73.1 Å². The molecule has 0 spiro atoms. The highest BCUT2D eigenvalue weighted by Crippen LogP contribution is 2.27. The van der Waals surface area contributed by atoms with Crippen molar-refractivity contribution in [1.29, 1.82) is 0 Å². The van der Waals surface area contributed by atoms with Crippen LogP contribution in [-0.4, -0.2) is 53.3 Å². The number of piperazine rings is 1. The third-order valence-corrected chi connectivity index (χ3v) is 5.82. The molecule has 0 saturated carbocycles. The van der Waals surface area contributed by atoms with Crippen molar-refractivity contribution >= 4 is 35.6 Å². The van der Waals surface area contributed by atoms with Gasteiger partial charge >= 0.3 is 0 Å². The van der Waals surface area contributed by atoms with Gasteiger partial charge in [0.1, 0.15) is 5.75 Å². The molecule has 7 nitrogen and oxygen atoms in total. The van der Waals surface area contributed by atoms with Gasteiger partial charge in [-0.3, -0.25) is 4.79 Å². The summed E-state index contributed by atoms with van der Waals surface area (Å²) in [5, 5.41) is 13.5. The summed E-state index contributed by atoms with van der Waals surface area (Å²) in [6, 6.07) is 21.0. The molecule has 0 radical (unpaired) electrons. The third-order valence-electron chi connectivity index (χ3n) is 5.82. The summed E-state index contributed by atoms with van der Waals surface area (Å²) in [4.78, 5) is 21.3. The van der Waals surface area contributed by atoms with Gasteiger partial charge in [0.05, 0.1) is 18.8 Å². The van der Waals surface area contributed by atoms with E-state index in [-0.39, 0.29) is 29.5 Å². The van der Waals surface area contributed by atoms with E-state index in [0.717, 1.165) is 55.5 Å². The Hall–Kier alpha value is -3.01. The molecule has 2 aromatic carbocycles. The van der Waals surface area contributed by atoms with Crippen molar-refractivity contribution in [2.45, 2.75) is 20.0 Å². The minimum atomic E-state index is 0. The average molecular weight is 573 g/mol. The van der Waals surface area contributed by atoms with Gasteiger partial charge < -0.3 is 24.8 Å². The number of nitrogens with one attached hydrogen (secondary N) is 1. The summed E-state index contributed by atoms with van der Waals surface area (Å²) >= 11 is 0. The van der Waals surface area contributed by atoms with E-state index in [1.807, 2.05) is 30.5 Å². The highest BCUT2D eigenvalue weighted by Gasteiger charge is 2.21. The second-order valence-corrected chi connectivity index (χ2v) is 8.12. The van der Waals surface area contributed by atoms with Crippen molar-refractivity contribution in [2.24, 2.45) is 4.99 Å². The van der Waals surface area contributed by atoms with Crippen molar-refractivity contribution in [3.05, 3.63) is 94.4 Å². The number of phenols is 1. The largest absolute Gasteiger partial charge is 0.506 e. The Morgan fingerprint density at radius 2 is 1.62 bits per heavy atom. The Kier molecular flexibility index (Phi) is 9.38. The highest BCUT2D eigenvalue weighted by atomic mass is 127. The fraction of sp³-hybridized carbons (Fsp3) is 0.308. The summed E-state index contributed by atoms with van der Waals surface area (Å²) in [6.45, 7) is 7.37. The molecule has 34 heavy (non-hydrogen) atoms. The monoisotopic (exact) mass is 573 g/mol. The van der Waals surface area contributed by atoms with Crippen LogP contribution in [0.15, 0.2) is 82.7 Å². The average Bonchev–Trinajstić information content (AvgIpc) is 2.85. The maximum atomic E-state index is 11.9. The van der Waals surface area contributed by atoms with E-state index in [9.17, 15) is 9.90 Å². The molecule has 2 N–H and O–H groups in total. The van der Waals surface area contributed by atoms with E-state index in [0.29, 0.717) is 18.8 Å². The Balaban J connectivity index is 0.00000324. The van der Waals surface area contributed by atoms with Crippen molar-refractivity contribution in [3.8, 4) is 5.75 Å². The molecule has 1 fully saturated rings. The maximum Gasteiger partial charge on any atom is 0.250 e. The van der Waals surface area contributed by atoms with E-state index >= 15 is 0 Å². The molecule has 2 heterocycles. The van der Waals surface area contributed by atoms with E-state index in [1.165, 1.54) is 0 Å². The van der Waals surface area contributed by atoms with E-state index < -0.39 is 0 Å². The van der Waals surface area contributed by atoms with Gasteiger partial charge in [0, 0.05) is 45.0 Å². The Labute approximate surface area is 217 Å². The van der Waals surface area contributed by atoms with Crippen LogP contribution in [0.3, 0.4) is 0 Å². The van der Waals surface area contributed by atoms with Crippen molar-refractivity contribution in [3.63, 3.8) is 0 Å². The van der Waals surface area contributed by atoms with Gasteiger partial charge in [0.25, 0.3) is 5.56 Å². The number of phenolic OH excluding ortho intramolecular Hbond substituents is 1. The molecular weight excluding hydrogens is 541 g/mol. The van der Waals surface area contributed by atoms with Gasteiger partial charge in [0.15, 0.2) is 5.96 Å². The molecule has 0 bridgehead atoms. The molecule has 1 saturated heterocycles. The lowest BCUT2D eigenvalue weighted by atomic mass is 10.1. The number of hydrogen-bond donors (Lipinski definition) is 2. The summed E-state index contributed by atoms with van der Waals surface area (Å²) < 4.78 is 1.70. The summed E-state index contributed by atoms with van der Waals surface area (Å²) in [7, 11) is 0. The van der Waals surface area contributed by atoms with Crippen LogP contribution in [-0.2, 0) is 13.1 Å². The van der Waals surface area contributed by atoms with Crippen molar-refractivity contribution in [1.82, 2.24) is 14.8 Å². The number of para-hydroxylation sites is 2. The number of rotatable bonds is 6. The minimum Gasteiger partial charge on any atom is -0.506 e. The van der Waals surface area contributed by atoms with Crippen LogP contribution in [0.5, 0.6) is 5.75 Å². The Bertz CT molecular complexity index is 1140. The quantitative estimate of drug-likeness (QED) is 0.269. The van der Waals surface area contributed by atoms with Gasteiger partial charge in [-0.2, -0.15) is 0 Å². The number of aromatic hydroxyl groups is 1. The number of aliphatic imine (C=N–C) groups is 1. The molecule has 4 rings (SSSR count). The molecule has 1 aliphatic heterocycles. The van der Waals surface area contributed by atoms with Crippen LogP contribution in [0.1, 0.15) is 18.1 Å². The zero-order valence-corrected chi connectivity index (χ0v) is 21.8. The zero-order chi connectivity index (χ0) is 23.0. The minimum absolute atomic E-state index is 0. The lowest BCUT2D eigenvalue weighted by molar-refractivity contribution is 0.369. The van der Waals surface area contributed by atoms with Crippen LogP contribution < -0.4 is 15.8 Å². The van der Waals surface area contributed by atoms with Crippen LogP contribution in [0.4, 0.5) is 5.69 Å². The first-order valence-corrected chi connectivity index (χ1v) is 11.4. The summed E-state index contributed by atoms with van der Waals surface area (Å²) in [5.41, 5.74) is 3.10. The number of aromatic nitrogens is 1. The first kappa shape index (κ1) is 25.6. The van der Waals surface area contributed by atoms with E-state index in [2.05, 4.69) is 46.3 Å². The van der Waals surface area contributed by atoms with Gasteiger partial charge in [0.2, 0.25) is 0 Å². The highest BCUT2D eigenvalue weighted by molar-refractivity contribution is 14.0. The molecule has 0 atom stereocenters. The van der Waals surface area contributed by atoms with Gasteiger partial charge in [-0.15, -0.1) is 24.0 Å². The SMILES string of the molecule is CCNC(=NCc1ccc(Cn2ccccc2=O)cc1)N1CCN(c2ccccc2O)CC1.I. The lowest BCUT2D eigenvalue weighted by Gasteiger charge is -2.37. The smallest absolute Gasteiger partial charge is 0.250 e. The van der Waals surface area contributed by atoms with Crippen molar-refractivity contribution < 1.29 is 5.11 Å². The summed E-state index contributed by atoms with van der Waals surface area (Å²) in [5.74, 6) is 1.24. The van der Waals surface area contributed by atoms with Gasteiger partial charge in [-0.1, -0.05) is 42.5 Å². The molecular formula is C26H32IN5O2. The first-order valence-electron chi connectivity index (χ1n) is 11.4. The molecule has 180 valence electrons. The molecule has 1 aromatic heterocycles. The van der Waals surface area contributed by atoms with E-state index in [4.69, 9.17) is 4.99 Å². The summed E-state index contributed by atoms with van der Waals surface area (Å²) in [6.07, 6.45) is 1.81. The predicted molar refractivity (Wildman–Crippen MR) is 148 cm³/mol. The number of guanidine groups is 1. The molecule has 0 unspecified atom stereocenters. The molecule has 3 aromatic rings. The Morgan fingerprint density at radius 3 is 2.29 bits per heavy atom. The van der Waals surface area contributed by atoms with Crippen LogP contribution in [0.2, 0.25) is 0 Å². The molecule has 0 aliphatic carbocycles. The fourth-order valence-corrected chi connectivity index (χ4v) is 4.02. The number of halogens is 1. The van der Waals surface area contributed by atoms with E-state index in [1.54, 1.807) is 22.8 Å². The second-order valence-electron chi connectivity index (χ2n) is 8.12. The van der Waals surface area contributed by atoms with Crippen LogP contribution >= 0.6 is 24.0 Å². The third kappa shape index (κ3) is 6.53. The van der Waals surface area contributed by atoms with Gasteiger partial charge in [-0.25, -0.2) is 4.99 Å². The second kappa shape index (κ2) is 12.5. The zero-order valence-electron chi connectivity index (χ0n) is 19.4. The lowest BCUT2D eigenvalue weighted by Crippen LogP contribution is -2.52. The molecule has 0 amide bonds. The maximum absolute atomic E-state index is 11.9. The standard InChI is InChI=1S/C26H31N5O2.HI/c1-2-27-26(30-17-15-29(16-18-30)23-7-3-4-8-24(23)32)28-19-21-10-12-22(13-11-21)20-31-14-6-5-9-25(31)33;/h3-14,32H,2,15-20H2,1H3,(H,27,28);1H. The van der Waals surface area contributed by atoms with Crippen molar-refractivity contribution in [2.75, 3.05) is 37.6 Å².